The minimum atomic E-state index is 0.654. The number of hydrogen-bond donors (Lipinski definition) is 2. The van der Waals surface area contributed by atoms with E-state index < -0.39 is 0 Å². The second-order valence-electron chi connectivity index (χ2n) is 4.36. The molecule has 0 unspecified atom stereocenters. The summed E-state index contributed by atoms with van der Waals surface area (Å²) in [6.45, 7) is 5.58. The molecule has 2 rings (SSSR count). The van der Waals surface area contributed by atoms with Crippen LogP contribution in [-0.2, 0) is 6.42 Å². The van der Waals surface area contributed by atoms with Crippen molar-refractivity contribution in [3.63, 3.8) is 0 Å². The number of nitrogens with zero attached hydrogens (tertiary/aromatic N) is 1. The molecule has 1 aromatic heterocycles. The summed E-state index contributed by atoms with van der Waals surface area (Å²) in [5.74, 6) is 1.76. The van der Waals surface area contributed by atoms with Crippen LogP contribution in [0.3, 0.4) is 0 Å². The zero-order chi connectivity index (χ0) is 10.7. The number of aromatic nitrogens is 2. The van der Waals surface area contributed by atoms with E-state index in [4.69, 9.17) is 0 Å². The molecule has 0 fully saturated rings. The molecule has 2 heterocycles. The van der Waals surface area contributed by atoms with E-state index in [1.54, 1.807) is 0 Å². The molecule has 0 saturated carbocycles. The summed E-state index contributed by atoms with van der Waals surface area (Å²) >= 11 is 0. The van der Waals surface area contributed by atoms with Gasteiger partial charge in [-0.05, 0) is 32.1 Å². The van der Waals surface area contributed by atoms with Gasteiger partial charge in [-0.1, -0.05) is 13.8 Å². The molecule has 0 radical (unpaired) electrons. The fraction of sp³-hybridized carbons (Fsp3) is 0.750. The third-order valence-corrected chi connectivity index (χ3v) is 3.44. The van der Waals surface area contributed by atoms with Gasteiger partial charge in [0.1, 0.15) is 0 Å². The maximum absolute atomic E-state index is 4.40. The van der Waals surface area contributed by atoms with E-state index in [1.165, 1.54) is 43.4 Å². The first kappa shape index (κ1) is 10.5. The van der Waals surface area contributed by atoms with Gasteiger partial charge < -0.3 is 5.32 Å². The van der Waals surface area contributed by atoms with Crippen LogP contribution in [0.25, 0.3) is 0 Å². The summed E-state index contributed by atoms with van der Waals surface area (Å²) in [5.41, 5.74) is 2.82. The Bertz CT molecular complexity index is 313. The van der Waals surface area contributed by atoms with Crippen LogP contribution in [0.1, 0.15) is 56.7 Å². The van der Waals surface area contributed by atoms with Crippen LogP contribution in [0.15, 0.2) is 0 Å². The summed E-state index contributed by atoms with van der Waals surface area (Å²) in [7, 11) is 0. The first-order valence-electron chi connectivity index (χ1n) is 6.17. The molecule has 3 heteroatoms. The third kappa shape index (κ3) is 2.01. The van der Waals surface area contributed by atoms with Crippen LogP contribution < -0.4 is 5.32 Å². The topological polar surface area (TPSA) is 40.7 Å². The molecule has 3 nitrogen and oxygen atoms in total. The summed E-state index contributed by atoms with van der Waals surface area (Å²) in [4.78, 5) is 0. The molecule has 0 aromatic carbocycles. The lowest BCUT2D eigenvalue weighted by Gasteiger charge is -2.12. The van der Waals surface area contributed by atoms with E-state index >= 15 is 0 Å². The van der Waals surface area contributed by atoms with Crippen molar-refractivity contribution in [3.8, 4) is 0 Å². The Labute approximate surface area is 91.7 Å². The Hall–Kier alpha value is -0.990. The van der Waals surface area contributed by atoms with Gasteiger partial charge in [0.25, 0.3) is 0 Å². The number of nitrogens with one attached hydrogen (secondary N) is 2. The second-order valence-corrected chi connectivity index (χ2v) is 4.36. The minimum Gasteiger partial charge on any atom is -0.368 e. The van der Waals surface area contributed by atoms with Gasteiger partial charge in [0.2, 0.25) is 0 Å². The molecule has 0 spiro atoms. The lowest BCUT2D eigenvalue weighted by Crippen LogP contribution is -2.00. The van der Waals surface area contributed by atoms with Crippen molar-refractivity contribution in [2.75, 3.05) is 11.9 Å². The number of anilines is 1. The lowest BCUT2D eigenvalue weighted by molar-refractivity contribution is 0.611. The largest absolute Gasteiger partial charge is 0.368 e. The molecular weight excluding hydrogens is 186 g/mol. The van der Waals surface area contributed by atoms with Gasteiger partial charge in [0, 0.05) is 23.7 Å². The first-order chi connectivity index (χ1) is 7.36. The Kier molecular flexibility index (Phi) is 3.29. The van der Waals surface area contributed by atoms with Crippen molar-refractivity contribution >= 4 is 5.82 Å². The summed E-state index contributed by atoms with van der Waals surface area (Å²) in [5, 5.41) is 11.0. The van der Waals surface area contributed by atoms with Crippen LogP contribution in [0.2, 0.25) is 0 Å². The first-order valence-corrected chi connectivity index (χ1v) is 6.17. The molecule has 1 aliphatic rings. The Morgan fingerprint density at radius 1 is 1.27 bits per heavy atom. The highest BCUT2D eigenvalue weighted by Crippen LogP contribution is 2.30. The van der Waals surface area contributed by atoms with Gasteiger partial charge in [-0.3, -0.25) is 5.10 Å². The molecule has 0 bridgehead atoms. The minimum absolute atomic E-state index is 0.654. The maximum Gasteiger partial charge on any atom is 0.151 e. The predicted molar refractivity (Wildman–Crippen MR) is 63.3 cm³/mol. The van der Waals surface area contributed by atoms with Gasteiger partial charge in [-0.25, -0.2) is 0 Å². The summed E-state index contributed by atoms with van der Waals surface area (Å²) in [6.07, 6.45) is 6.13. The van der Waals surface area contributed by atoms with Gasteiger partial charge in [0.15, 0.2) is 5.82 Å². The SMILES string of the molecule is CCC(CC)c1[nH]nc2c1CCCCN2. The summed E-state index contributed by atoms with van der Waals surface area (Å²) in [6, 6.07) is 0. The van der Waals surface area contributed by atoms with Crippen LogP contribution in [-0.4, -0.2) is 16.7 Å². The fourth-order valence-corrected chi connectivity index (χ4v) is 2.45. The van der Waals surface area contributed by atoms with Gasteiger partial charge in [0.05, 0.1) is 0 Å². The van der Waals surface area contributed by atoms with E-state index in [0.717, 1.165) is 12.4 Å². The van der Waals surface area contributed by atoms with Crippen molar-refractivity contribution in [1.29, 1.82) is 0 Å². The zero-order valence-electron chi connectivity index (χ0n) is 9.77. The van der Waals surface area contributed by atoms with Crippen LogP contribution in [0, 0.1) is 0 Å². The van der Waals surface area contributed by atoms with Crippen LogP contribution in [0.4, 0.5) is 5.82 Å². The highest BCUT2D eigenvalue weighted by molar-refractivity contribution is 5.48. The van der Waals surface area contributed by atoms with Crippen LogP contribution in [0.5, 0.6) is 0 Å². The molecule has 84 valence electrons. The molecule has 15 heavy (non-hydrogen) atoms. The molecule has 0 amide bonds. The van der Waals surface area contributed by atoms with Gasteiger partial charge in [-0.15, -0.1) is 0 Å². The Morgan fingerprint density at radius 2 is 2.07 bits per heavy atom. The molecule has 0 saturated heterocycles. The number of hydrogen-bond acceptors (Lipinski definition) is 2. The van der Waals surface area contributed by atoms with Crippen molar-refractivity contribution in [3.05, 3.63) is 11.3 Å². The second kappa shape index (κ2) is 4.69. The number of rotatable bonds is 3. The zero-order valence-corrected chi connectivity index (χ0v) is 9.77. The maximum atomic E-state index is 4.40. The fourth-order valence-electron chi connectivity index (χ4n) is 2.45. The average molecular weight is 207 g/mol. The van der Waals surface area contributed by atoms with Crippen molar-refractivity contribution < 1.29 is 0 Å². The van der Waals surface area contributed by atoms with Crippen molar-refractivity contribution in [2.24, 2.45) is 0 Å². The number of fused-ring (bicyclic) bond motifs is 1. The summed E-state index contributed by atoms with van der Waals surface area (Å²) < 4.78 is 0. The predicted octanol–water partition coefficient (Wildman–Crippen LogP) is 3.06. The third-order valence-electron chi connectivity index (χ3n) is 3.44. The standard InChI is InChI=1S/C12H21N3/c1-3-9(4-2)11-10-7-5-6-8-13-12(10)15-14-11/h9H,3-8H2,1-2H3,(H2,13,14,15). The number of aromatic amines is 1. The molecule has 0 atom stereocenters. The van der Waals surface area contributed by atoms with E-state index in [2.05, 4.69) is 29.4 Å². The van der Waals surface area contributed by atoms with Gasteiger partial charge >= 0.3 is 0 Å². The normalized spacial score (nSPS) is 15.9. The molecule has 0 aliphatic carbocycles. The van der Waals surface area contributed by atoms with Crippen molar-refractivity contribution in [1.82, 2.24) is 10.2 Å². The highest BCUT2D eigenvalue weighted by Gasteiger charge is 2.19. The quantitative estimate of drug-likeness (QED) is 0.799. The van der Waals surface area contributed by atoms with E-state index in [-0.39, 0.29) is 0 Å². The average Bonchev–Trinajstić information content (AvgIpc) is 2.51. The smallest absolute Gasteiger partial charge is 0.151 e. The van der Waals surface area contributed by atoms with E-state index in [1.807, 2.05) is 0 Å². The van der Waals surface area contributed by atoms with Crippen LogP contribution >= 0.6 is 0 Å². The van der Waals surface area contributed by atoms with Crippen molar-refractivity contribution in [2.45, 2.75) is 51.9 Å². The Morgan fingerprint density at radius 3 is 2.80 bits per heavy atom. The monoisotopic (exact) mass is 207 g/mol. The number of H-pyrrole nitrogens is 1. The molecule has 1 aromatic rings. The molecule has 2 N–H and O–H groups in total. The highest BCUT2D eigenvalue weighted by atomic mass is 15.2. The molecule has 1 aliphatic heterocycles. The van der Waals surface area contributed by atoms with Gasteiger partial charge in [-0.2, -0.15) is 5.10 Å². The van der Waals surface area contributed by atoms with E-state index in [0.29, 0.717) is 5.92 Å². The molecular formula is C12H21N3. The lowest BCUT2D eigenvalue weighted by atomic mass is 9.94. The Balaban J connectivity index is 2.28. The van der Waals surface area contributed by atoms with E-state index in [9.17, 15) is 0 Å².